The number of amides is 1. The minimum absolute atomic E-state index is 0.188. The van der Waals surface area contributed by atoms with Gasteiger partial charge in [-0.1, -0.05) is 5.16 Å². The van der Waals surface area contributed by atoms with Gasteiger partial charge < -0.3 is 14.4 Å². The molecule has 7 heteroatoms. The summed E-state index contributed by atoms with van der Waals surface area (Å²) >= 11 is 0. The molecular weight excluding hydrogens is 318 g/mol. The van der Waals surface area contributed by atoms with E-state index < -0.39 is 0 Å². The molecule has 2 atom stereocenters. The van der Waals surface area contributed by atoms with E-state index >= 15 is 0 Å². The maximum absolute atomic E-state index is 11.8. The second-order valence-corrected chi connectivity index (χ2v) is 6.61. The predicted molar refractivity (Wildman–Crippen MR) is 90.0 cm³/mol. The van der Waals surface area contributed by atoms with Crippen LogP contribution in [0.15, 0.2) is 41.3 Å². The fourth-order valence-electron chi connectivity index (χ4n) is 3.50. The Kier molecular flexibility index (Phi) is 3.19. The first-order valence-electron chi connectivity index (χ1n) is 8.52. The van der Waals surface area contributed by atoms with Crippen LogP contribution in [-0.2, 0) is 4.79 Å². The van der Waals surface area contributed by atoms with Crippen LogP contribution in [0.3, 0.4) is 0 Å². The molecule has 1 N–H and O–H groups in total. The monoisotopic (exact) mass is 335 g/mol. The van der Waals surface area contributed by atoms with Crippen LogP contribution in [-0.4, -0.2) is 32.6 Å². The third-order valence-corrected chi connectivity index (χ3v) is 4.98. The van der Waals surface area contributed by atoms with Gasteiger partial charge in [0.25, 0.3) is 0 Å². The van der Waals surface area contributed by atoms with Crippen LogP contribution in [0.5, 0.6) is 0 Å². The first-order chi connectivity index (χ1) is 12.3. The highest BCUT2D eigenvalue weighted by Gasteiger charge is 2.44. The fourth-order valence-corrected chi connectivity index (χ4v) is 3.50. The smallest absolute Gasteiger partial charge is 0.230 e. The second kappa shape index (κ2) is 5.54. The lowest BCUT2D eigenvalue weighted by Crippen LogP contribution is -2.23. The topological polar surface area (TPSA) is 87.9 Å². The lowest BCUT2D eigenvalue weighted by molar-refractivity contribution is -0.117. The van der Waals surface area contributed by atoms with Crippen LogP contribution >= 0.6 is 0 Å². The molecule has 3 heterocycles. The van der Waals surface area contributed by atoms with E-state index in [2.05, 4.69) is 20.1 Å². The number of rotatable bonds is 4. The molecule has 0 bridgehead atoms. The average Bonchev–Trinajstić information content (AvgIpc) is 3.09. The van der Waals surface area contributed by atoms with Crippen LogP contribution in [0.1, 0.15) is 42.7 Å². The number of carbonyl (C=O) groups is 1. The number of aromatic amines is 1. The molecule has 7 nitrogen and oxygen atoms in total. The summed E-state index contributed by atoms with van der Waals surface area (Å²) in [5.41, 5.74) is 2.94. The highest BCUT2D eigenvalue weighted by atomic mass is 16.5. The highest BCUT2D eigenvalue weighted by Crippen LogP contribution is 2.53. The quantitative estimate of drug-likeness (QED) is 0.792. The maximum atomic E-state index is 11.8. The van der Waals surface area contributed by atoms with Gasteiger partial charge in [-0.25, -0.2) is 4.98 Å². The van der Waals surface area contributed by atoms with Crippen molar-refractivity contribution in [3.63, 3.8) is 0 Å². The van der Waals surface area contributed by atoms with Crippen molar-refractivity contribution < 1.29 is 9.32 Å². The third-order valence-electron chi connectivity index (χ3n) is 4.98. The number of H-pyrrole nitrogens is 1. The van der Waals surface area contributed by atoms with Crippen LogP contribution in [0.2, 0.25) is 0 Å². The SMILES string of the molecule is O=C1CCCN1c1ccc(-c2noc([C@@H]3C[C@H]3c3cnc[nH]3)n2)cc1. The Balaban J connectivity index is 1.33. The molecule has 126 valence electrons. The Labute approximate surface area is 144 Å². The summed E-state index contributed by atoms with van der Waals surface area (Å²) in [6.45, 7) is 0.793. The third kappa shape index (κ3) is 2.52. The van der Waals surface area contributed by atoms with Gasteiger partial charge in [-0.2, -0.15) is 4.98 Å². The van der Waals surface area contributed by atoms with Gasteiger partial charge in [-0.3, -0.25) is 4.79 Å². The summed E-state index contributed by atoms with van der Waals surface area (Å²) in [5, 5.41) is 4.11. The van der Waals surface area contributed by atoms with Crippen LogP contribution in [0.25, 0.3) is 11.4 Å². The molecule has 1 aliphatic heterocycles. The summed E-state index contributed by atoms with van der Waals surface area (Å²) in [7, 11) is 0. The summed E-state index contributed by atoms with van der Waals surface area (Å²) < 4.78 is 5.46. The molecule has 0 unspecified atom stereocenters. The lowest BCUT2D eigenvalue weighted by atomic mass is 10.2. The van der Waals surface area contributed by atoms with E-state index in [0.717, 1.165) is 36.3 Å². The van der Waals surface area contributed by atoms with Gasteiger partial charge in [0, 0.05) is 47.9 Å². The van der Waals surface area contributed by atoms with Gasteiger partial charge in [-0.15, -0.1) is 0 Å². The first kappa shape index (κ1) is 14.4. The molecule has 1 aliphatic carbocycles. The minimum atomic E-state index is 0.188. The Morgan fingerprint density at radius 3 is 2.80 bits per heavy atom. The van der Waals surface area contributed by atoms with Crippen molar-refractivity contribution in [1.82, 2.24) is 20.1 Å². The molecule has 1 saturated heterocycles. The van der Waals surface area contributed by atoms with E-state index in [4.69, 9.17) is 4.52 Å². The van der Waals surface area contributed by atoms with Gasteiger partial charge in [0.1, 0.15) is 0 Å². The Morgan fingerprint density at radius 1 is 1.20 bits per heavy atom. The van der Waals surface area contributed by atoms with E-state index in [9.17, 15) is 4.79 Å². The zero-order valence-electron chi connectivity index (χ0n) is 13.6. The normalized spacial score (nSPS) is 22.6. The number of nitrogens with one attached hydrogen (secondary N) is 1. The minimum Gasteiger partial charge on any atom is -0.348 e. The van der Waals surface area contributed by atoms with Crippen LogP contribution in [0.4, 0.5) is 5.69 Å². The average molecular weight is 335 g/mol. The van der Waals surface area contributed by atoms with Gasteiger partial charge in [0.15, 0.2) is 0 Å². The van der Waals surface area contributed by atoms with E-state index in [0.29, 0.717) is 24.1 Å². The van der Waals surface area contributed by atoms with Crippen molar-refractivity contribution in [2.75, 3.05) is 11.4 Å². The highest BCUT2D eigenvalue weighted by molar-refractivity contribution is 5.95. The molecule has 25 heavy (non-hydrogen) atoms. The zero-order chi connectivity index (χ0) is 16.8. The molecule has 3 aromatic rings. The number of anilines is 1. The molecule has 2 fully saturated rings. The Bertz CT molecular complexity index is 900. The van der Waals surface area contributed by atoms with Crippen LogP contribution < -0.4 is 4.90 Å². The second-order valence-electron chi connectivity index (χ2n) is 6.61. The first-order valence-corrected chi connectivity index (χ1v) is 8.52. The van der Waals surface area contributed by atoms with Gasteiger partial charge in [0.2, 0.25) is 17.6 Å². The summed E-state index contributed by atoms with van der Waals surface area (Å²) in [5.74, 6) is 2.11. The van der Waals surface area contributed by atoms with E-state index in [-0.39, 0.29) is 11.8 Å². The molecule has 2 aromatic heterocycles. The summed E-state index contributed by atoms with van der Waals surface area (Å²) in [6.07, 6.45) is 6.10. The molecule has 2 aliphatic rings. The number of imidazole rings is 1. The molecule has 0 spiro atoms. The largest absolute Gasteiger partial charge is 0.348 e. The van der Waals surface area contributed by atoms with Crippen LogP contribution in [0, 0.1) is 0 Å². The van der Waals surface area contributed by atoms with Crippen molar-refractivity contribution in [3.05, 3.63) is 48.4 Å². The molecular formula is C18H17N5O2. The predicted octanol–water partition coefficient (Wildman–Crippen LogP) is 2.86. The van der Waals surface area contributed by atoms with E-state index in [1.165, 1.54) is 0 Å². The number of nitrogens with zero attached hydrogens (tertiary/aromatic N) is 4. The zero-order valence-corrected chi connectivity index (χ0v) is 13.6. The Hall–Kier alpha value is -2.96. The standard InChI is InChI=1S/C18H17N5O2/c24-16-2-1-7-23(16)12-5-3-11(4-6-12)17-21-18(25-22-17)14-8-13(14)15-9-19-10-20-15/h3-6,9-10,13-14H,1-2,7-8H2,(H,19,20)/t13-,14-/m1/s1. The summed E-state index contributed by atoms with van der Waals surface area (Å²) in [6, 6.07) is 7.77. The van der Waals surface area contributed by atoms with E-state index in [1.807, 2.05) is 35.4 Å². The maximum Gasteiger partial charge on any atom is 0.230 e. The fraction of sp³-hybridized carbons (Fsp3) is 0.333. The number of hydrogen-bond donors (Lipinski definition) is 1. The van der Waals surface area contributed by atoms with Crippen molar-refractivity contribution in [3.8, 4) is 11.4 Å². The van der Waals surface area contributed by atoms with Gasteiger partial charge >= 0.3 is 0 Å². The number of hydrogen-bond acceptors (Lipinski definition) is 5. The molecule has 0 radical (unpaired) electrons. The molecule has 1 saturated carbocycles. The van der Waals surface area contributed by atoms with Gasteiger partial charge in [-0.05, 0) is 37.1 Å². The molecule has 1 amide bonds. The Morgan fingerprint density at radius 2 is 2.08 bits per heavy atom. The molecule has 1 aromatic carbocycles. The van der Waals surface area contributed by atoms with Crippen molar-refractivity contribution in [2.24, 2.45) is 0 Å². The van der Waals surface area contributed by atoms with Crippen molar-refractivity contribution in [1.29, 1.82) is 0 Å². The number of benzene rings is 1. The molecule has 5 rings (SSSR count). The van der Waals surface area contributed by atoms with Crippen molar-refractivity contribution in [2.45, 2.75) is 31.1 Å². The number of aromatic nitrogens is 4. The van der Waals surface area contributed by atoms with E-state index in [1.54, 1.807) is 6.33 Å². The lowest BCUT2D eigenvalue weighted by Gasteiger charge is -2.15. The van der Waals surface area contributed by atoms with Gasteiger partial charge in [0.05, 0.1) is 6.33 Å². The van der Waals surface area contributed by atoms with Crippen molar-refractivity contribution >= 4 is 11.6 Å². The number of carbonyl (C=O) groups excluding carboxylic acids is 1. The summed E-state index contributed by atoms with van der Waals surface area (Å²) in [4.78, 5) is 25.4.